The molecule has 98 valence electrons. The SMILES string of the molecule is CC(C)CC(Br)c1ccc2c(c1)CCCC(=O)N2. The summed E-state index contributed by atoms with van der Waals surface area (Å²) in [5.41, 5.74) is 3.58. The molecule has 0 saturated heterocycles. The summed E-state index contributed by atoms with van der Waals surface area (Å²) in [5.74, 6) is 0.812. The molecule has 2 nitrogen and oxygen atoms in total. The van der Waals surface area contributed by atoms with E-state index in [-0.39, 0.29) is 5.91 Å². The number of amides is 1. The van der Waals surface area contributed by atoms with Crippen molar-refractivity contribution >= 4 is 27.5 Å². The zero-order valence-electron chi connectivity index (χ0n) is 11.0. The minimum absolute atomic E-state index is 0.138. The minimum atomic E-state index is 0.138. The van der Waals surface area contributed by atoms with Gasteiger partial charge in [0.15, 0.2) is 0 Å². The van der Waals surface area contributed by atoms with Gasteiger partial charge in [0.05, 0.1) is 0 Å². The molecule has 1 aromatic rings. The number of nitrogens with one attached hydrogen (secondary N) is 1. The standard InChI is InChI=1S/C15H20BrNO/c1-10(2)8-13(16)11-6-7-14-12(9-11)4-3-5-15(18)17-14/h6-7,9-10,13H,3-5,8H2,1-2H3,(H,17,18). The van der Waals surface area contributed by atoms with E-state index >= 15 is 0 Å². The lowest BCUT2D eigenvalue weighted by molar-refractivity contribution is -0.116. The molecule has 0 fully saturated rings. The predicted molar refractivity (Wildman–Crippen MR) is 79.1 cm³/mol. The van der Waals surface area contributed by atoms with Crippen LogP contribution in [0.3, 0.4) is 0 Å². The molecule has 1 N–H and O–H groups in total. The van der Waals surface area contributed by atoms with Gasteiger partial charge in [0, 0.05) is 16.9 Å². The molecule has 18 heavy (non-hydrogen) atoms. The van der Waals surface area contributed by atoms with Gasteiger partial charge in [0.2, 0.25) is 5.91 Å². The molecule has 1 heterocycles. The fraction of sp³-hybridized carbons (Fsp3) is 0.533. The van der Waals surface area contributed by atoms with Crippen LogP contribution in [-0.4, -0.2) is 5.91 Å². The van der Waals surface area contributed by atoms with Crippen LogP contribution >= 0.6 is 15.9 Å². The van der Waals surface area contributed by atoms with Crippen LogP contribution in [-0.2, 0) is 11.2 Å². The molecule has 0 saturated carbocycles. The monoisotopic (exact) mass is 309 g/mol. The van der Waals surface area contributed by atoms with Crippen molar-refractivity contribution < 1.29 is 4.79 Å². The van der Waals surface area contributed by atoms with E-state index in [1.165, 1.54) is 11.1 Å². The summed E-state index contributed by atoms with van der Waals surface area (Å²) in [7, 11) is 0. The van der Waals surface area contributed by atoms with Gasteiger partial charge in [-0.3, -0.25) is 4.79 Å². The van der Waals surface area contributed by atoms with Crippen LogP contribution in [0.15, 0.2) is 18.2 Å². The molecule has 1 aliphatic rings. The number of fused-ring (bicyclic) bond motifs is 1. The number of hydrogen-bond acceptors (Lipinski definition) is 1. The third-order valence-corrected chi connectivity index (χ3v) is 4.20. The summed E-state index contributed by atoms with van der Waals surface area (Å²) >= 11 is 3.76. The Labute approximate surface area is 117 Å². The molecular weight excluding hydrogens is 290 g/mol. The zero-order valence-corrected chi connectivity index (χ0v) is 12.6. The van der Waals surface area contributed by atoms with Gasteiger partial charge in [-0.25, -0.2) is 0 Å². The van der Waals surface area contributed by atoms with Crippen LogP contribution in [0.4, 0.5) is 5.69 Å². The molecule has 0 radical (unpaired) electrons. The number of benzene rings is 1. The van der Waals surface area contributed by atoms with Crippen LogP contribution in [0.5, 0.6) is 0 Å². The third-order valence-electron chi connectivity index (χ3n) is 3.29. The van der Waals surface area contributed by atoms with Crippen LogP contribution in [0.25, 0.3) is 0 Å². The number of anilines is 1. The summed E-state index contributed by atoms with van der Waals surface area (Å²) in [6, 6.07) is 6.40. The van der Waals surface area contributed by atoms with Gasteiger partial charge in [0.1, 0.15) is 0 Å². The number of aryl methyl sites for hydroxylation is 1. The lowest BCUT2D eigenvalue weighted by atomic mass is 9.98. The number of carbonyl (C=O) groups excluding carboxylic acids is 1. The first-order valence-electron chi connectivity index (χ1n) is 6.63. The molecule has 3 heteroatoms. The van der Waals surface area contributed by atoms with Crippen molar-refractivity contribution in [1.29, 1.82) is 0 Å². The Morgan fingerprint density at radius 3 is 2.83 bits per heavy atom. The highest BCUT2D eigenvalue weighted by molar-refractivity contribution is 9.09. The van der Waals surface area contributed by atoms with Gasteiger partial charge in [-0.2, -0.15) is 0 Å². The molecule has 1 unspecified atom stereocenters. The van der Waals surface area contributed by atoms with E-state index in [2.05, 4.69) is 47.2 Å². The van der Waals surface area contributed by atoms with E-state index in [4.69, 9.17) is 0 Å². The highest BCUT2D eigenvalue weighted by atomic mass is 79.9. The Morgan fingerprint density at radius 2 is 2.11 bits per heavy atom. The quantitative estimate of drug-likeness (QED) is 0.821. The molecule has 1 amide bonds. The van der Waals surface area contributed by atoms with Gasteiger partial charge in [-0.15, -0.1) is 0 Å². The Hall–Kier alpha value is -0.830. The molecule has 0 spiro atoms. The highest BCUT2D eigenvalue weighted by Crippen LogP contribution is 2.33. The average molecular weight is 310 g/mol. The van der Waals surface area contributed by atoms with Crippen molar-refractivity contribution in [3.05, 3.63) is 29.3 Å². The normalized spacial score (nSPS) is 17.0. The van der Waals surface area contributed by atoms with Crippen molar-refractivity contribution in [3.63, 3.8) is 0 Å². The summed E-state index contributed by atoms with van der Waals surface area (Å²) in [5, 5.41) is 2.98. The summed E-state index contributed by atoms with van der Waals surface area (Å²) < 4.78 is 0. The number of halogens is 1. The Morgan fingerprint density at radius 1 is 1.33 bits per heavy atom. The van der Waals surface area contributed by atoms with E-state index in [9.17, 15) is 4.79 Å². The highest BCUT2D eigenvalue weighted by Gasteiger charge is 2.15. The molecular formula is C15H20BrNO. The Kier molecular flexibility index (Phi) is 4.44. The summed E-state index contributed by atoms with van der Waals surface area (Å²) in [6.07, 6.45) is 3.70. The van der Waals surface area contributed by atoms with Gasteiger partial charge in [-0.05, 0) is 42.4 Å². The first-order valence-corrected chi connectivity index (χ1v) is 7.54. The van der Waals surface area contributed by atoms with Crippen molar-refractivity contribution in [1.82, 2.24) is 0 Å². The summed E-state index contributed by atoms with van der Waals surface area (Å²) in [6.45, 7) is 4.47. The number of carbonyl (C=O) groups is 1. The largest absolute Gasteiger partial charge is 0.326 e. The average Bonchev–Trinajstić information content (AvgIpc) is 2.47. The molecule has 1 atom stereocenters. The summed E-state index contributed by atoms with van der Waals surface area (Å²) in [4.78, 5) is 11.9. The van der Waals surface area contributed by atoms with E-state index < -0.39 is 0 Å². The Balaban J connectivity index is 2.21. The van der Waals surface area contributed by atoms with E-state index in [0.29, 0.717) is 17.2 Å². The van der Waals surface area contributed by atoms with Gasteiger partial charge >= 0.3 is 0 Å². The van der Waals surface area contributed by atoms with Crippen molar-refractivity contribution in [2.45, 2.75) is 44.4 Å². The van der Waals surface area contributed by atoms with E-state index in [1.807, 2.05) is 6.07 Å². The molecule has 2 rings (SSSR count). The van der Waals surface area contributed by atoms with Crippen LogP contribution in [0.2, 0.25) is 0 Å². The molecule has 0 aromatic heterocycles. The topological polar surface area (TPSA) is 29.1 Å². The zero-order chi connectivity index (χ0) is 13.1. The second kappa shape index (κ2) is 5.87. The fourth-order valence-electron chi connectivity index (χ4n) is 2.34. The van der Waals surface area contributed by atoms with Crippen LogP contribution in [0.1, 0.15) is 49.1 Å². The van der Waals surface area contributed by atoms with Crippen LogP contribution in [0, 0.1) is 5.92 Å². The van der Waals surface area contributed by atoms with E-state index in [1.54, 1.807) is 0 Å². The molecule has 0 aliphatic carbocycles. The first kappa shape index (κ1) is 13.6. The lowest BCUT2D eigenvalue weighted by Crippen LogP contribution is -2.09. The lowest BCUT2D eigenvalue weighted by Gasteiger charge is -2.15. The molecule has 1 aliphatic heterocycles. The fourth-order valence-corrected chi connectivity index (χ4v) is 3.37. The predicted octanol–water partition coefficient (Wildman–Crippen LogP) is 4.44. The van der Waals surface area contributed by atoms with Crippen molar-refractivity contribution in [2.75, 3.05) is 5.32 Å². The second-order valence-electron chi connectivity index (χ2n) is 5.42. The maximum Gasteiger partial charge on any atom is 0.224 e. The Bertz CT molecular complexity index is 442. The van der Waals surface area contributed by atoms with Gasteiger partial charge < -0.3 is 5.32 Å². The van der Waals surface area contributed by atoms with Gasteiger partial charge in [-0.1, -0.05) is 41.9 Å². The van der Waals surface area contributed by atoms with Crippen LogP contribution < -0.4 is 5.32 Å². The maximum absolute atomic E-state index is 11.5. The maximum atomic E-state index is 11.5. The second-order valence-corrected chi connectivity index (χ2v) is 6.52. The number of rotatable bonds is 3. The first-order chi connectivity index (χ1) is 8.56. The number of hydrogen-bond donors (Lipinski definition) is 1. The van der Waals surface area contributed by atoms with Crippen molar-refractivity contribution in [2.24, 2.45) is 5.92 Å². The minimum Gasteiger partial charge on any atom is -0.326 e. The third kappa shape index (κ3) is 3.35. The molecule has 1 aromatic carbocycles. The number of alkyl halides is 1. The van der Waals surface area contributed by atoms with E-state index in [0.717, 1.165) is 24.9 Å². The van der Waals surface area contributed by atoms with Crippen molar-refractivity contribution in [3.8, 4) is 0 Å². The smallest absolute Gasteiger partial charge is 0.224 e. The molecule has 0 bridgehead atoms. The van der Waals surface area contributed by atoms with Gasteiger partial charge in [0.25, 0.3) is 0 Å².